The van der Waals surface area contributed by atoms with Crippen molar-refractivity contribution in [2.24, 2.45) is 0 Å². The zero-order valence-corrected chi connectivity index (χ0v) is 17.7. The standard InChI is InChI=1S/C23H29FN4O3/c1-2-13-25-21(29)16-28-14-11-17(12-15-28)26-23(30)27-22-19(24)9-6-10-20(22)31-18-7-4-3-5-8-18/h3-10,17H,2,11-16H2,1H3,(H,25,29)(H2,26,27,30). The zero-order chi connectivity index (χ0) is 22.1. The van der Waals surface area contributed by atoms with Crippen LogP contribution in [0.15, 0.2) is 48.5 Å². The van der Waals surface area contributed by atoms with Crippen LogP contribution in [0.5, 0.6) is 11.5 Å². The molecule has 3 N–H and O–H groups in total. The highest BCUT2D eigenvalue weighted by Gasteiger charge is 2.23. The number of hydrogen-bond acceptors (Lipinski definition) is 4. The van der Waals surface area contributed by atoms with Gasteiger partial charge in [-0.1, -0.05) is 31.2 Å². The van der Waals surface area contributed by atoms with Crippen LogP contribution in [0.3, 0.4) is 0 Å². The second-order valence-corrected chi connectivity index (χ2v) is 7.53. The van der Waals surface area contributed by atoms with Crippen LogP contribution >= 0.6 is 0 Å². The van der Waals surface area contributed by atoms with E-state index in [4.69, 9.17) is 4.74 Å². The number of halogens is 1. The van der Waals surface area contributed by atoms with E-state index >= 15 is 0 Å². The van der Waals surface area contributed by atoms with E-state index in [1.54, 1.807) is 18.2 Å². The Labute approximate surface area is 182 Å². The smallest absolute Gasteiger partial charge is 0.319 e. The maximum absolute atomic E-state index is 14.4. The van der Waals surface area contributed by atoms with Crippen LogP contribution in [-0.4, -0.2) is 49.1 Å². The van der Waals surface area contributed by atoms with Gasteiger partial charge in [0.05, 0.1) is 6.54 Å². The molecule has 3 rings (SSSR count). The third kappa shape index (κ3) is 6.96. The number of anilines is 1. The van der Waals surface area contributed by atoms with Gasteiger partial charge in [0.2, 0.25) is 5.91 Å². The number of carbonyl (C=O) groups excluding carboxylic acids is 2. The highest BCUT2D eigenvalue weighted by atomic mass is 19.1. The van der Waals surface area contributed by atoms with Crippen LogP contribution in [0.2, 0.25) is 0 Å². The lowest BCUT2D eigenvalue weighted by molar-refractivity contribution is -0.122. The van der Waals surface area contributed by atoms with E-state index in [-0.39, 0.29) is 23.4 Å². The molecular formula is C23H29FN4O3. The molecule has 3 amide bonds. The van der Waals surface area contributed by atoms with Crippen molar-refractivity contribution in [2.45, 2.75) is 32.2 Å². The van der Waals surface area contributed by atoms with Crippen LogP contribution in [0.1, 0.15) is 26.2 Å². The number of urea groups is 1. The monoisotopic (exact) mass is 428 g/mol. The molecule has 0 spiro atoms. The molecule has 2 aromatic rings. The number of ether oxygens (including phenoxy) is 1. The van der Waals surface area contributed by atoms with E-state index in [9.17, 15) is 14.0 Å². The molecule has 7 nitrogen and oxygen atoms in total. The molecule has 0 bridgehead atoms. The van der Waals surface area contributed by atoms with Crippen molar-refractivity contribution in [3.05, 3.63) is 54.3 Å². The number of benzene rings is 2. The highest BCUT2D eigenvalue weighted by molar-refractivity contribution is 5.91. The number of para-hydroxylation sites is 2. The lowest BCUT2D eigenvalue weighted by atomic mass is 10.1. The van der Waals surface area contributed by atoms with Gasteiger partial charge in [-0.25, -0.2) is 9.18 Å². The van der Waals surface area contributed by atoms with Crippen LogP contribution in [0, 0.1) is 5.82 Å². The average molecular weight is 429 g/mol. The Kier molecular flexibility index (Phi) is 8.23. The summed E-state index contributed by atoms with van der Waals surface area (Å²) in [5.41, 5.74) is -0.00566. The fourth-order valence-electron chi connectivity index (χ4n) is 3.42. The fraction of sp³-hybridized carbons (Fsp3) is 0.391. The topological polar surface area (TPSA) is 82.7 Å². The van der Waals surface area contributed by atoms with E-state index < -0.39 is 11.8 Å². The van der Waals surface area contributed by atoms with Gasteiger partial charge in [-0.2, -0.15) is 0 Å². The van der Waals surface area contributed by atoms with Gasteiger partial charge in [0.25, 0.3) is 0 Å². The lowest BCUT2D eigenvalue weighted by Crippen LogP contribution is -2.48. The summed E-state index contributed by atoms with van der Waals surface area (Å²) >= 11 is 0. The first-order valence-corrected chi connectivity index (χ1v) is 10.6. The van der Waals surface area contributed by atoms with E-state index in [1.165, 1.54) is 12.1 Å². The first-order chi connectivity index (χ1) is 15.0. The molecule has 1 fully saturated rings. The van der Waals surface area contributed by atoms with Crippen LogP contribution in [0.25, 0.3) is 0 Å². The van der Waals surface area contributed by atoms with Gasteiger partial charge in [-0.05, 0) is 43.5 Å². The summed E-state index contributed by atoms with van der Waals surface area (Å²) in [6, 6.07) is 12.9. The molecular weight excluding hydrogens is 399 g/mol. The Hall–Kier alpha value is -3.13. The molecule has 0 saturated carbocycles. The molecule has 8 heteroatoms. The second-order valence-electron chi connectivity index (χ2n) is 7.53. The molecule has 31 heavy (non-hydrogen) atoms. The van der Waals surface area contributed by atoms with Crippen LogP contribution in [0.4, 0.5) is 14.9 Å². The SMILES string of the molecule is CCCNC(=O)CN1CCC(NC(=O)Nc2c(F)cccc2Oc2ccccc2)CC1. The van der Waals surface area contributed by atoms with Gasteiger partial charge in [-0.15, -0.1) is 0 Å². The molecule has 0 aromatic heterocycles. The lowest BCUT2D eigenvalue weighted by Gasteiger charge is -2.31. The summed E-state index contributed by atoms with van der Waals surface area (Å²) in [4.78, 5) is 26.4. The van der Waals surface area contributed by atoms with Gasteiger partial charge >= 0.3 is 6.03 Å². The van der Waals surface area contributed by atoms with Crippen molar-refractivity contribution in [3.8, 4) is 11.5 Å². The average Bonchev–Trinajstić information content (AvgIpc) is 2.77. The molecule has 0 atom stereocenters. The molecule has 1 heterocycles. The van der Waals surface area contributed by atoms with E-state index in [0.29, 0.717) is 31.9 Å². The minimum absolute atomic E-state index is 0.00566. The maximum atomic E-state index is 14.4. The molecule has 1 saturated heterocycles. The second kappa shape index (κ2) is 11.3. The van der Waals surface area contributed by atoms with Gasteiger partial charge in [0.1, 0.15) is 11.4 Å². The summed E-state index contributed by atoms with van der Waals surface area (Å²) < 4.78 is 20.1. The number of piperidine rings is 1. The van der Waals surface area contributed by atoms with E-state index in [2.05, 4.69) is 20.9 Å². The van der Waals surface area contributed by atoms with Crippen molar-refractivity contribution in [2.75, 3.05) is 31.5 Å². The van der Waals surface area contributed by atoms with Crippen molar-refractivity contribution < 1.29 is 18.7 Å². The van der Waals surface area contributed by atoms with Crippen molar-refractivity contribution >= 4 is 17.6 Å². The van der Waals surface area contributed by atoms with Gasteiger partial charge < -0.3 is 20.7 Å². The van der Waals surface area contributed by atoms with Crippen LogP contribution < -0.4 is 20.7 Å². The number of carbonyl (C=O) groups is 2. The Bertz CT molecular complexity index is 870. The largest absolute Gasteiger partial charge is 0.455 e. The number of likely N-dealkylation sites (tertiary alicyclic amines) is 1. The summed E-state index contributed by atoms with van der Waals surface area (Å²) in [5, 5.41) is 8.35. The van der Waals surface area contributed by atoms with Gasteiger partial charge in [0, 0.05) is 25.7 Å². The molecule has 1 aliphatic heterocycles. The van der Waals surface area contributed by atoms with Gasteiger partial charge in [-0.3, -0.25) is 9.69 Å². The Morgan fingerprint density at radius 1 is 1.10 bits per heavy atom. The third-order valence-electron chi connectivity index (χ3n) is 5.05. The summed E-state index contributed by atoms with van der Waals surface area (Å²) in [6.07, 6.45) is 2.35. The molecule has 0 aliphatic carbocycles. The van der Waals surface area contributed by atoms with E-state index in [1.807, 2.05) is 25.1 Å². The number of nitrogens with one attached hydrogen (secondary N) is 3. The minimum atomic E-state index is -0.573. The molecule has 166 valence electrons. The predicted octanol–water partition coefficient (Wildman–Crippen LogP) is 3.73. The first kappa shape index (κ1) is 22.6. The van der Waals surface area contributed by atoms with Crippen molar-refractivity contribution in [1.82, 2.24) is 15.5 Å². The van der Waals surface area contributed by atoms with E-state index in [0.717, 1.165) is 19.3 Å². The quantitative estimate of drug-likeness (QED) is 0.598. The molecule has 0 unspecified atom stereocenters. The molecule has 1 aliphatic rings. The summed E-state index contributed by atoms with van der Waals surface area (Å²) in [5.74, 6) is 0.231. The van der Waals surface area contributed by atoms with Crippen LogP contribution in [-0.2, 0) is 4.79 Å². The van der Waals surface area contributed by atoms with Gasteiger partial charge in [0.15, 0.2) is 11.6 Å². The van der Waals surface area contributed by atoms with Crippen molar-refractivity contribution in [1.29, 1.82) is 0 Å². The molecule has 0 radical (unpaired) electrons. The summed E-state index contributed by atoms with van der Waals surface area (Å²) in [6.45, 7) is 4.50. The zero-order valence-electron chi connectivity index (χ0n) is 17.7. The molecule has 2 aromatic carbocycles. The Balaban J connectivity index is 1.51. The normalized spacial score (nSPS) is 14.6. The summed E-state index contributed by atoms with van der Waals surface area (Å²) in [7, 11) is 0. The highest BCUT2D eigenvalue weighted by Crippen LogP contribution is 2.31. The number of rotatable bonds is 8. The van der Waals surface area contributed by atoms with Crippen molar-refractivity contribution in [3.63, 3.8) is 0 Å². The third-order valence-corrected chi connectivity index (χ3v) is 5.05. The Morgan fingerprint density at radius 2 is 1.84 bits per heavy atom. The number of nitrogens with zero attached hydrogens (tertiary/aromatic N) is 1. The maximum Gasteiger partial charge on any atom is 0.319 e. The minimum Gasteiger partial charge on any atom is -0.455 e. The first-order valence-electron chi connectivity index (χ1n) is 10.6. The fourth-order valence-corrected chi connectivity index (χ4v) is 3.42. The number of hydrogen-bond donors (Lipinski definition) is 3. The number of amides is 3. The Morgan fingerprint density at radius 3 is 2.55 bits per heavy atom. The predicted molar refractivity (Wildman–Crippen MR) is 118 cm³/mol.